The van der Waals surface area contributed by atoms with E-state index in [2.05, 4.69) is 0 Å². The van der Waals surface area contributed by atoms with E-state index in [1.807, 2.05) is 0 Å². The number of hydrogen-bond donors (Lipinski definition) is 2. The van der Waals surface area contributed by atoms with Crippen LogP contribution in [0.1, 0.15) is 20.7 Å². The number of methoxy groups -OCH3 is 1. The van der Waals surface area contributed by atoms with Gasteiger partial charge in [-0.25, -0.2) is 4.79 Å². The third-order valence-electron chi connectivity index (χ3n) is 1.71. The average molecular weight is 196 g/mol. The summed E-state index contributed by atoms with van der Waals surface area (Å²) < 4.78 is 4.71. The zero-order valence-corrected chi connectivity index (χ0v) is 7.35. The Kier molecular flexibility index (Phi) is 2.71. The molecule has 14 heavy (non-hydrogen) atoms. The van der Waals surface area contributed by atoms with Gasteiger partial charge in [0.1, 0.15) is 0 Å². The molecule has 0 aliphatic heterocycles. The van der Waals surface area contributed by atoms with Crippen molar-refractivity contribution in [2.75, 3.05) is 7.11 Å². The molecule has 1 aromatic carbocycles. The molecule has 0 radical (unpaired) electrons. The molecule has 0 saturated carbocycles. The fraction of sp³-hybridized carbons (Fsp3) is 0.111. The summed E-state index contributed by atoms with van der Waals surface area (Å²) in [4.78, 5) is 21.1. The fourth-order valence-electron chi connectivity index (χ4n) is 1.03. The summed E-state index contributed by atoms with van der Waals surface area (Å²) in [5, 5.41) is 18.0. The fourth-order valence-corrected chi connectivity index (χ4v) is 1.03. The van der Waals surface area contributed by atoms with Gasteiger partial charge in [-0.3, -0.25) is 4.79 Å². The molecule has 0 aliphatic carbocycles. The molecular formula is C9H8O5. The Hall–Kier alpha value is -2.04. The molecule has 0 amide bonds. The van der Waals surface area contributed by atoms with E-state index in [9.17, 15) is 14.7 Å². The lowest BCUT2D eigenvalue weighted by atomic mass is 10.1. The van der Waals surface area contributed by atoms with Crippen molar-refractivity contribution in [2.45, 2.75) is 0 Å². The number of aldehydes is 1. The van der Waals surface area contributed by atoms with Crippen LogP contribution < -0.4 is 4.74 Å². The monoisotopic (exact) mass is 196 g/mol. The number of ether oxygens (including phenoxy) is 1. The Morgan fingerprint density at radius 3 is 2.57 bits per heavy atom. The lowest BCUT2D eigenvalue weighted by Crippen LogP contribution is -2.02. The molecule has 2 N–H and O–H groups in total. The lowest BCUT2D eigenvalue weighted by molar-refractivity contribution is 0.0693. The van der Waals surface area contributed by atoms with Gasteiger partial charge in [0.15, 0.2) is 17.8 Å². The Balaban J connectivity index is 3.39. The zero-order chi connectivity index (χ0) is 10.7. The van der Waals surface area contributed by atoms with Gasteiger partial charge in [-0.05, 0) is 12.1 Å². The minimum atomic E-state index is -1.24. The largest absolute Gasteiger partial charge is 0.504 e. The van der Waals surface area contributed by atoms with E-state index >= 15 is 0 Å². The van der Waals surface area contributed by atoms with Gasteiger partial charge in [-0.15, -0.1) is 0 Å². The molecule has 0 heterocycles. The number of aromatic hydroxyl groups is 1. The highest BCUT2D eigenvalue weighted by Gasteiger charge is 2.14. The number of carboxylic acid groups (broad SMARTS) is 1. The summed E-state index contributed by atoms with van der Waals surface area (Å²) in [6.45, 7) is 0. The highest BCUT2D eigenvalue weighted by molar-refractivity contribution is 5.98. The SMILES string of the molecule is COc1cc(C(=O)O)c(C=O)cc1O. The average Bonchev–Trinajstić information content (AvgIpc) is 2.16. The van der Waals surface area contributed by atoms with Crippen LogP contribution in [0, 0.1) is 0 Å². The maximum absolute atomic E-state index is 10.7. The van der Waals surface area contributed by atoms with Crippen molar-refractivity contribution in [3.05, 3.63) is 23.3 Å². The van der Waals surface area contributed by atoms with Crippen molar-refractivity contribution in [3.63, 3.8) is 0 Å². The summed E-state index contributed by atoms with van der Waals surface area (Å²) in [6, 6.07) is 2.15. The van der Waals surface area contributed by atoms with Crippen LogP contribution in [0.3, 0.4) is 0 Å². The minimum Gasteiger partial charge on any atom is -0.504 e. The number of hydrogen-bond acceptors (Lipinski definition) is 4. The Labute approximate surface area is 79.6 Å². The van der Waals surface area contributed by atoms with Gasteiger partial charge < -0.3 is 14.9 Å². The molecule has 0 spiro atoms. The Bertz CT molecular complexity index is 383. The van der Waals surface area contributed by atoms with Crippen LogP contribution in [-0.4, -0.2) is 29.6 Å². The van der Waals surface area contributed by atoms with E-state index in [4.69, 9.17) is 9.84 Å². The molecular weight excluding hydrogens is 188 g/mol. The van der Waals surface area contributed by atoms with Crippen LogP contribution in [0.15, 0.2) is 12.1 Å². The molecule has 0 aromatic heterocycles. The molecule has 0 bridgehead atoms. The van der Waals surface area contributed by atoms with E-state index in [0.29, 0.717) is 6.29 Å². The zero-order valence-electron chi connectivity index (χ0n) is 7.35. The van der Waals surface area contributed by atoms with Crippen molar-refractivity contribution in [1.29, 1.82) is 0 Å². The third-order valence-corrected chi connectivity index (χ3v) is 1.71. The summed E-state index contributed by atoms with van der Waals surface area (Å²) in [6.07, 6.45) is 0.364. The highest BCUT2D eigenvalue weighted by Crippen LogP contribution is 2.28. The van der Waals surface area contributed by atoms with E-state index < -0.39 is 5.97 Å². The molecule has 0 atom stereocenters. The number of phenols is 1. The standard InChI is InChI=1S/C9H8O5/c1-14-8-3-6(9(12)13)5(4-10)2-7(8)11/h2-4,11H,1H3,(H,12,13). The van der Waals surface area contributed by atoms with Gasteiger partial charge in [-0.1, -0.05) is 0 Å². The molecule has 1 rings (SSSR count). The first-order valence-corrected chi connectivity index (χ1v) is 3.69. The summed E-state index contributed by atoms with van der Waals surface area (Å²) in [7, 11) is 1.29. The maximum Gasteiger partial charge on any atom is 0.336 e. The van der Waals surface area contributed by atoms with Gasteiger partial charge in [0.05, 0.1) is 12.7 Å². The predicted molar refractivity (Wildman–Crippen MR) is 47.0 cm³/mol. The molecule has 1 aromatic rings. The quantitative estimate of drug-likeness (QED) is 0.702. The summed E-state index contributed by atoms with van der Waals surface area (Å²) in [5.41, 5.74) is -0.287. The minimum absolute atomic E-state index is 0.0213. The molecule has 0 saturated heterocycles. The van der Waals surface area contributed by atoms with Crippen molar-refractivity contribution in [1.82, 2.24) is 0 Å². The first-order chi connectivity index (χ1) is 6.60. The van der Waals surface area contributed by atoms with Crippen molar-refractivity contribution in [3.8, 4) is 11.5 Å². The van der Waals surface area contributed by atoms with Crippen LogP contribution in [0.4, 0.5) is 0 Å². The first kappa shape index (κ1) is 10.0. The van der Waals surface area contributed by atoms with Gasteiger partial charge in [-0.2, -0.15) is 0 Å². The van der Waals surface area contributed by atoms with Gasteiger partial charge in [0.2, 0.25) is 0 Å². The normalized spacial score (nSPS) is 9.50. The van der Waals surface area contributed by atoms with Gasteiger partial charge >= 0.3 is 5.97 Å². The second-order valence-electron chi connectivity index (χ2n) is 2.53. The number of carboxylic acids is 1. The van der Waals surface area contributed by atoms with Crippen LogP contribution in [0.5, 0.6) is 11.5 Å². The van der Waals surface area contributed by atoms with Crippen molar-refractivity contribution >= 4 is 12.3 Å². The van der Waals surface area contributed by atoms with E-state index in [0.717, 1.165) is 12.1 Å². The maximum atomic E-state index is 10.7. The summed E-state index contributed by atoms with van der Waals surface area (Å²) in [5.74, 6) is -1.49. The highest BCUT2D eigenvalue weighted by atomic mass is 16.5. The van der Waals surface area contributed by atoms with Crippen LogP contribution in [0.25, 0.3) is 0 Å². The number of phenolic OH excluding ortho intramolecular Hbond substituents is 1. The first-order valence-electron chi connectivity index (χ1n) is 3.69. The molecule has 0 fully saturated rings. The van der Waals surface area contributed by atoms with Gasteiger partial charge in [0.25, 0.3) is 0 Å². The second-order valence-corrected chi connectivity index (χ2v) is 2.53. The number of carbonyl (C=O) groups excluding carboxylic acids is 1. The Morgan fingerprint density at radius 1 is 1.50 bits per heavy atom. The Morgan fingerprint density at radius 2 is 2.14 bits per heavy atom. The molecule has 5 heteroatoms. The number of carbonyl (C=O) groups is 2. The predicted octanol–water partition coefficient (Wildman–Crippen LogP) is 0.911. The molecule has 5 nitrogen and oxygen atoms in total. The van der Waals surface area contributed by atoms with Crippen LogP contribution in [0.2, 0.25) is 0 Å². The van der Waals surface area contributed by atoms with Crippen molar-refractivity contribution < 1.29 is 24.5 Å². The molecule has 0 unspecified atom stereocenters. The smallest absolute Gasteiger partial charge is 0.336 e. The van der Waals surface area contributed by atoms with E-state index in [-0.39, 0.29) is 22.6 Å². The summed E-state index contributed by atoms with van der Waals surface area (Å²) >= 11 is 0. The van der Waals surface area contributed by atoms with E-state index in [1.165, 1.54) is 7.11 Å². The van der Waals surface area contributed by atoms with Crippen LogP contribution >= 0.6 is 0 Å². The van der Waals surface area contributed by atoms with Crippen molar-refractivity contribution in [2.24, 2.45) is 0 Å². The lowest BCUT2D eigenvalue weighted by Gasteiger charge is -2.05. The topological polar surface area (TPSA) is 83.8 Å². The van der Waals surface area contributed by atoms with Crippen LogP contribution in [-0.2, 0) is 0 Å². The third kappa shape index (κ3) is 1.66. The second kappa shape index (κ2) is 3.78. The number of rotatable bonds is 3. The molecule has 74 valence electrons. The molecule has 0 aliphatic rings. The van der Waals surface area contributed by atoms with Gasteiger partial charge in [0, 0.05) is 5.56 Å². The number of benzene rings is 1. The van der Waals surface area contributed by atoms with E-state index in [1.54, 1.807) is 0 Å². The number of aromatic carboxylic acids is 1.